The van der Waals surface area contributed by atoms with E-state index in [1.54, 1.807) is 0 Å². The van der Waals surface area contributed by atoms with E-state index < -0.39 is 10.2 Å². The number of ether oxygens (including phenoxy) is 1. The molecule has 3 unspecified atom stereocenters. The Labute approximate surface area is 110 Å². The molecule has 0 aliphatic carbocycles. The molecular weight excluding hydrogens is 254 g/mol. The lowest BCUT2D eigenvalue weighted by atomic mass is 10.2. The topological polar surface area (TPSA) is 70.7 Å². The Hall–Kier alpha value is -0.210. The monoisotopic (exact) mass is 279 g/mol. The summed E-state index contributed by atoms with van der Waals surface area (Å²) in [4.78, 5) is 0. The van der Waals surface area contributed by atoms with Crippen molar-refractivity contribution in [2.75, 3.05) is 33.2 Å². The first-order chi connectivity index (χ1) is 8.35. The molecule has 0 saturated carbocycles. The number of nitrogens with one attached hydrogen (secondary N) is 2. The molecule has 1 rings (SSSR count). The van der Waals surface area contributed by atoms with Crippen molar-refractivity contribution in [1.82, 2.24) is 14.3 Å². The van der Waals surface area contributed by atoms with Gasteiger partial charge in [0.05, 0.1) is 12.2 Å². The van der Waals surface area contributed by atoms with Crippen molar-refractivity contribution < 1.29 is 13.2 Å². The third-order valence-corrected chi connectivity index (χ3v) is 4.40. The van der Waals surface area contributed by atoms with Gasteiger partial charge >= 0.3 is 0 Å². The largest absolute Gasteiger partial charge is 0.373 e. The Bertz CT molecular complexity index is 337. The zero-order valence-corrected chi connectivity index (χ0v) is 12.5. The van der Waals surface area contributed by atoms with Crippen LogP contribution >= 0.6 is 0 Å². The third-order valence-electron chi connectivity index (χ3n) is 2.89. The first-order valence-corrected chi connectivity index (χ1v) is 7.84. The maximum atomic E-state index is 12.1. The van der Waals surface area contributed by atoms with Crippen molar-refractivity contribution in [3.63, 3.8) is 0 Å². The van der Waals surface area contributed by atoms with Crippen molar-refractivity contribution in [3.8, 4) is 0 Å². The molecule has 0 aromatic carbocycles. The summed E-state index contributed by atoms with van der Waals surface area (Å²) in [7, 11) is -1.53. The number of morpholine rings is 1. The zero-order chi connectivity index (χ0) is 13.8. The van der Waals surface area contributed by atoms with Crippen LogP contribution in [0.5, 0.6) is 0 Å². The van der Waals surface area contributed by atoms with Crippen LogP contribution in [0.4, 0.5) is 0 Å². The van der Waals surface area contributed by atoms with Crippen molar-refractivity contribution in [1.29, 1.82) is 0 Å². The Kier molecular flexibility index (Phi) is 6.00. The van der Waals surface area contributed by atoms with Gasteiger partial charge in [-0.15, -0.1) is 0 Å². The Balaban J connectivity index is 2.52. The predicted molar refractivity (Wildman–Crippen MR) is 71.6 cm³/mol. The lowest BCUT2D eigenvalue weighted by Crippen LogP contribution is -2.52. The molecule has 0 aromatic heterocycles. The predicted octanol–water partition coefficient (Wildman–Crippen LogP) is -0.214. The van der Waals surface area contributed by atoms with E-state index in [0.717, 1.165) is 6.54 Å². The normalized spacial score (nSPS) is 28.2. The van der Waals surface area contributed by atoms with Crippen molar-refractivity contribution in [2.45, 2.75) is 33.0 Å². The van der Waals surface area contributed by atoms with Gasteiger partial charge in [-0.05, 0) is 33.4 Å². The van der Waals surface area contributed by atoms with Gasteiger partial charge in [0.1, 0.15) is 0 Å². The van der Waals surface area contributed by atoms with Crippen LogP contribution in [0.15, 0.2) is 0 Å². The molecule has 0 aromatic rings. The summed E-state index contributed by atoms with van der Waals surface area (Å²) in [6, 6.07) is 0. The fourth-order valence-corrected chi connectivity index (χ4v) is 3.58. The quantitative estimate of drug-likeness (QED) is 0.705. The molecule has 1 fully saturated rings. The first-order valence-electron chi connectivity index (χ1n) is 6.40. The van der Waals surface area contributed by atoms with Gasteiger partial charge in [-0.2, -0.15) is 12.7 Å². The van der Waals surface area contributed by atoms with Crippen LogP contribution in [0.1, 0.15) is 20.8 Å². The molecule has 18 heavy (non-hydrogen) atoms. The highest BCUT2D eigenvalue weighted by molar-refractivity contribution is 7.87. The van der Waals surface area contributed by atoms with Crippen molar-refractivity contribution >= 4 is 10.2 Å². The van der Waals surface area contributed by atoms with E-state index in [1.165, 1.54) is 4.31 Å². The Morgan fingerprint density at radius 1 is 1.28 bits per heavy atom. The molecule has 3 atom stereocenters. The van der Waals surface area contributed by atoms with Crippen LogP contribution in [0, 0.1) is 5.92 Å². The average Bonchev–Trinajstić information content (AvgIpc) is 2.26. The molecule has 1 heterocycles. The second-order valence-electron chi connectivity index (χ2n) is 5.09. The second-order valence-corrected chi connectivity index (χ2v) is 6.85. The SMILES string of the molecule is CNCC(C)CNS(=O)(=O)N1CC(C)OC(C)C1. The fourth-order valence-electron chi connectivity index (χ4n) is 2.09. The van der Waals surface area contributed by atoms with Crippen molar-refractivity contribution in [3.05, 3.63) is 0 Å². The summed E-state index contributed by atoms with van der Waals surface area (Å²) in [5, 5.41) is 3.03. The maximum Gasteiger partial charge on any atom is 0.279 e. The molecule has 2 N–H and O–H groups in total. The highest BCUT2D eigenvalue weighted by atomic mass is 32.2. The number of hydrogen-bond donors (Lipinski definition) is 2. The van der Waals surface area contributed by atoms with Gasteiger partial charge < -0.3 is 10.1 Å². The van der Waals surface area contributed by atoms with E-state index in [9.17, 15) is 8.42 Å². The van der Waals surface area contributed by atoms with Gasteiger partial charge in [0.25, 0.3) is 10.2 Å². The molecule has 0 amide bonds. The molecule has 1 saturated heterocycles. The summed E-state index contributed by atoms with van der Waals surface area (Å²) < 4.78 is 33.9. The van der Waals surface area contributed by atoms with E-state index in [0.29, 0.717) is 19.6 Å². The Morgan fingerprint density at radius 3 is 2.33 bits per heavy atom. The molecule has 7 heteroatoms. The fraction of sp³-hybridized carbons (Fsp3) is 1.00. The summed E-state index contributed by atoms with van der Waals surface area (Å²) in [6.07, 6.45) is -0.111. The minimum atomic E-state index is -3.39. The van der Waals surface area contributed by atoms with E-state index >= 15 is 0 Å². The van der Waals surface area contributed by atoms with Gasteiger partial charge in [0.2, 0.25) is 0 Å². The molecule has 1 aliphatic heterocycles. The van der Waals surface area contributed by atoms with E-state index in [1.807, 2.05) is 27.8 Å². The smallest absolute Gasteiger partial charge is 0.279 e. The molecule has 0 radical (unpaired) electrons. The lowest BCUT2D eigenvalue weighted by molar-refractivity contribution is -0.0444. The molecule has 0 bridgehead atoms. The maximum absolute atomic E-state index is 12.1. The molecule has 108 valence electrons. The Morgan fingerprint density at radius 2 is 1.83 bits per heavy atom. The van der Waals surface area contributed by atoms with E-state index in [2.05, 4.69) is 10.0 Å². The number of hydrogen-bond acceptors (Lipinski definition) is 4. The number of rotatable bonds is 6. The van der Waals surface area contributed by atoms with Crippen LogP contribution < -0.4 is 10.0 Å². The third kappa shape index (κ3) is 4.81. The van der Waals surface area contributed by atoms with Crippen LogP contribution in [-0.4, -0.2) is 58.2 Å². The molecule has 6 nitrogen and oxygen atoms in total. The summed E-state index contributed by atoms with van der Waals surface area (Å²) in [5.74, 6) is 0.265. The zero-order valence-electron chi connectivity index (χ0n) is 11.6. The van der Waals surface area contributed by atoms with Gasteiger partial charge in [0.15, 0.2) is 0 Å². The van der Waals surface area contributed by atoms with Crippen LogP contribution in [0.3, 0.4) is 0 Å². The van der Waals surface area contributed by atoms with Crippen LogP contribution in [0.2, 0.25) is 0 Å². The highest BCUT2D eigenvalue weighted by Crippen LogP contribution is 2.13. The minimum absolute atomic E-state index is 0.0555. The molecular formula is C11H25N3O3S. The summed E-state index contributed by atoms with van der Waals surface area (Å²) >= 11 is 0. The molecule has 0 spiro atoms. The van der Waals surface area contributed by atoms with Crippen LogP contribution in [-0.2, 0) is 14.9 Å². The van der Waals surface area contributed by atoms with Crippen LogP contribution in [0.25, 0.3) is 0 Å². The van der Waals surface area contributed by atoms with Crippen molar-refractivity contribution in [2.24, 2.45) is 5.92 Å². The summed E-state index contributed by atoms with van der Waals surface area (Å²) in [5.41, 5.74) is 0. The van der Waals surface area contributed by atoms with E-state index in [-0.39, 0.29) is 18.1 Å². The van der Waals surface area contributed by atoms with Gasteiger partial charge in [-0.3, -0.25) is 0 Å². The first kappa shape index (κ1) is 15.8. The second kappa shape index (κ2) is 6.81. The highest BCUT2D eigenvalue weighted by Gasteiger charge is 2.30. The number of nitrogens with zero attached hydrogens (tertiary/aromatic N) is 1. The van der Waals surface area contributed by atoms with Gasteiger partial charge in [-0.25, -0.2) is 4.72 Å². The molecule has 1 aliphatic rings. The average molecular weight is 279 g/mol. The van der Waals surface area contributed by atoms with Gasteiger partial charge in [0, 0.05) is 19.6 Å². The van der Waals surface area contributed by atoms with E-state index in [4.69, 9.17) is 4.74 Å². The lowest BCUT2D eigenvalue weighted by Gasteiger charge is -2.34. The minimum Gasteiger partial charge on any atom is -0.373 e. The van der Waals surface area contributed by atoms with Gasteiger partial charge in [-0.1, -0.05) is 6.92 Å². The summed E-state index contributed by atoms with van der Waals surface area (Å²) in [6.45, 7) is 7.86. The standard InChI is InChI=1S/C11H25N3O3S/c1-9(5-12-4)6-13-18(15,16)14-7-10(2)17-11(3)8-14/h9-13H,5-8H2,1-4H3.